The van der Waals surface area contributed by atoms with Gasteiger partial charge in [0.25, 0.3) is 0 Å². The summed E-state index contributed by atoms with van der Waals surface area (Å²) in [5, 5.41) is 0. The van der Waals surface area contributed by atoms with Gasteiger partial charge in [-0.3, -0.25) is 4.79 Å². The van der Waals surface area contributed by atoms with Gasteiger partial charge in [0.2, 0.25) is 0 Å². The van der Waals surface area contributed by atoms with Crippen molar-refractivity contribution in [1.29, 1.82) is 0 Å². The average molecular weight is 291 g/mol. The summed E-state index contributed by atoms with van der Waals surface area (Å²) in [4.78, 5) is 10.5. The lowest BCUT2D eigenvalue weighted by Crippen LogP contribution is -2.23. The van der Waals surface area contributed by atoms with Crippen molar-refractivity contribution >= 4 is 21.9 Å². The monoisotopic (exact) mass is 290 g/mol. The van der Waals surface area contributed by atoms with Crippen LogP contribution in [0, 0.1) is 12.7 Å². The van der Waals surface area contributed by atoms with Gasteiger partial charge in [-0.05, 0) is 18.6 Å². The summed E-state index contributed by atoms with van der Waals surface area (Å²) < 4.78 is 22.7. The number of halogens is 2. The molecule has 0 radical (unpaired) electrons. The van der Waals surface area contributed by atoms with Crippen molar-refractivity contribution in [1.82, 2.24) is 0 Å². The number of hydrogen-bond donors (Lipinski definition) is 0. The van der Waals surface area contributed by atoms with Crippen LogP contribution in [0.5, 0.6) is 5.75 Å². The Morgan fingerprint density at radius 3 is 2.88 bits per heavy atom. The maximum absolute atomic E-state index is 12.9. The zero-order valence-electron chi connectivity index (χ0n) is 9.00. The smallest absolute Gasteiger partial charge is 0.322 e. The molecule has 0 aromatic heterocycles. The van der Waals surface area contributed by atoms with Gasteiger partial charge in [-0.1, -0.05) is 22.0 Å². The van der Waals surface area contributed by atoms with Crippen LogP contribution < -0.4 is 4.74 Å². The maximum atomic E-state index is 12.9. The molecular formula is C11H12BrFO3. The molecule has 1 rings (SSSR count). The van der Waals surface area contributed by atoms with Crippen LogP contribution in [-0.4, -0.2) is 24.5 Å². The van der Waals surface area contributed by atoms with Crippen LogP contribution in [0.4, 0.5) is 4.39 Å². The Balaban J connectivity index is 2.60. The van der Waals surface area contributed by atoms with Gasteiger partial charge in [-0.2, -0.15) is 0 Å². The van der Waals surface area contributed by atoms with Crippen molar-refractivity contribution < 1.29 is 18.7 Å². The molecule has 16 heavy (non-hydrogen) atoms. The fourth-order valence-electron chi connectivity index (χ4n) is 1.09. The minimum absolute atomic E-state index is 0.0942. The first kappa shape index (κ1) is 13.0. The normalized spacial score (nSPS) is 12.0. The number of esters is 1. The Morgan fingerprint density at radius 2 is 2.25 bits per heavy atom. The van der Waals surface area contributed by atoms with E-state index in [2.05, 4.69) is 20.7 Å². The molecule has 0 spiro atoms. The van der Waals surface area contributed by atoms with Gasteiger partial charge in [0.05, 0.1) is 7.11 Å². The quantitative estimate of drug-likeness (QED) is 0.631. The third-order valence-electron chi connectivity index (χ3n) is 1.99. The second-order valence-corrected chi connectivity index (χ2v) is 4.32. The second kappa shape index (κ2) is 5.84. The summed E-state index contributed by atoms with van der Waals surface area (Å²) in [5.41, 5.74) is 0.811. The summed E-state index contributed by atoms with van der Waals surface area (Å²) in [7, 11) is 1.30. The molecule has 1 aromatic rings. The molecule has 0 aliphatic rings. The highest BCUT2D eigenvalue weighted by molar-refractivity contribution is 9.10. The fraction of sp³-hybridized carbons (Fsp3) is 0.364. The lowest BCUT2D eigenvalue weighted by atomic mass is 10.2. The number of carbonyl (C=O) groups excluding carboxylic acids is 1. The summed E-state index contributed by atoms with van der Waals surface area (Å²) in [6.07, 6.45) is 0. The van der Waals surface area contributed by atoms with E-state index in [1.807, 2.05) is 0 Å². The van der Waals surface area contributed by atoms with Crippen LogP contribution in [-0.2, 0) is 9.53 Å². The van der Waals surface area contributed by atoms with Gasteiger partial charge >= 0.3 is 5.97 Å². The van der Waals surface area contributed by atoms with Crippen LogP contribution >= 0.6 is 15.9 Å². The molecular weight excluding hydrogens is 279 g/mol. The summed E-state index contributed by atoms with van der Waals surface area (Å²) in [6.45, 7) is 1.90. The van der Waals surface area contributed by atoms with Crippen molar-refractivity contribution in [3.8, 4) is 5.75 Å². The highest BCUT2D eigenvalue weighted by atomic mass is 79.9. The van der Waals surface area contributed by atoms with E-state index in [1.165, 1.54) is 19.2 Å². The van der Waals surface area contributed by atoms with E-state index in [1.54, 1.807) is 13.0 Å². The number of rotatable bonds is 4. The van der Waals surface area contributed by atoms with Crippen LogP contribution in [0.15, 0.2) is 18.2 Å². The molecule has 1 aromatic carbocycles. The third kappa shape index (κ3) is 3.48. The first-order chi connectivity index (χ1) is 7.54. The number of aryl methyl sites for hydroxylation is 1. The molecule has 88 valence electrons. The van der Waals surface area contributed by atoms with Gasteiger partial charge in [0.1, 0.15) is 23.0 Å². The standard InChI is InChI=1S/C11H12BrFO3/c1-7-3-4-8(13)5-10(7)16-6-9(12)11(14)15-2/h3-5,9H,6H2,1-2H3. The van der Waals surface area contributed by atoms with Gasteiger partial charge in [0.15, 0.2) is 0 Å². The predicted octanol–water partition coefficient (Wildman–Crippen LogP) is 2.45. The van der Waals surface area contributed by atoms with Crippen LogP contribution in [0.25, 0.3) is 0 Å². The van der Waals surface area contributed by atoms with E-state index in [0.29, 0.717) is 5.75 Å². The first-order valence-electron chi connectivity index (χ1n) is 4.65. The number of ether oxygens (including phenoxy) is 2. The topological polar surface area (TPSA) is 35.5 Å². The van der Waals surface area contributed by atoms with Crippen molar-refractivity contribution in [2.75, 3.05) is 13.7 Å². The Kier molecular flexibility index (Phi) is 4.73. The zero-order chi connectivity index (χ0) is 12.1. The van der Waals surface area contributed by atoms with Crippen LogP contribution in [0.2, 0.25) is 0 Å². The Bertz CT molecular complexity index is 381. The minimum atomic E-state index is -0.555. The average Bonchev–Trinajstić information content (AvgIpc) is 2.28. The number of methoxy groups -OCH3 is 1. The molecule has 1 atom stereocenters. The Hall–Kier alpha value is -1.10. The third-order valence-corrected chi connectivity index (χ3v) is 2.63. The first-order valence-corrected chi connectivity index (χ1v) is 5.57. The van der Waals surface area contributed by atoms with Crippen molar-refractivity contribution in [2.24, 2.45) is 0 Å². The number of benzene rings is 1. The molecule has 0 aliphatic carbocycles. The summed E-state index contributed by atoms with van der Waals surface area (Å²) in [6, 6.07) is 4.26. The highest BCUT2D eigenvalue weighted by Gasteiger charge is 2.16. The highest BCUT2D eigenvalue weighted by Crippen LogP contribution is 2.19. The lowest BCUT2D eigenvalue weighted by molar-refractivity contribution is -0.140. The molecule has 3 nitrogen and oxygen atoms in total. The van der Waals surface area contributed by atoms with E-state index in [0.717, 1.165) is 5.56 Å². The van der Waals surface area contributed by atoms with E-state index in [4.69, 9.17) is 4.74 Å². The van der Waals surface area contributed by atoms with Crippen molar-refractivity contribution in [3.63, 3.8) is 0 Å². The van der Waals surface area contributed by atoms with E-state index >= 15 is 0 Å². The number of hydrogen-bond acceptors (Lipinski definition) is 3. The Morgan fingerprint density at radius 1 is 1.56 bits per heavy atom. The summed E-state index contributed by atoms with van der Waals surface area (Å²) in [5.74, 6) is -0.368. The van der Waals surface area contributed by atoms with Crippen molar-refractivity contribution in [3.05, 3.63) is 29.6 Å². The zero-order valence-corrected chi connectivity index (χ0v) is 10.6. The largest absolute Gasteiger partial charge is 0.491 e. The fourth-order valence-corrected chi connectivity index (χ4v) is 1.41. The van der Waals surface area contributed by atoms with Crippen LogP contribution in [0.1, 0.15) is 5.56 Å². The number of carbonyl (C=O) groups is 1. The molecule has 0 aliphatic heterocycles. The van der Waals surface area contributed by atoms with E-state index < -0.39 is 10.8 Å². The Labute approximate surface area is 102 Å². The second-order valence-electron chi connectivity index (χ2n) is 3.21. The van der Waals surface area contributed by atoms with Gasteiger partial charge in [-0.25, -0.2) is 4.39 Å². The van der Waals surface area contributed by atoms with E-state index in [-0.39, 0.29) is 12.4 Å². The predicted molar refractivity (Wildman–Crippen MR) is 61.4 cm³/mol. The molecule has 0 fully saturated rings. The van der Waals surface area contributed by atoms with Gasteiger partial charge in [0, 0.05) is 6.07 Å². The minimum Gasteiger partial charge on any atom is -0.491 e. The summed E-state index contributed by atoms with van der Waals surface area (Å²) >= 11 is 3.11. The molecule has 0 saturated carbocycles. The van der Waals surface area contributed by atoms with Crippen LogP contribution in [0.3, 0.4) is 0 Å². The van der Waals surface area contributed by atoms with Gasteiger partial charge < -0.3 is 9.47 Å². The lowest BCUT2D eigenvalue weighted by Gasteiger charge is -2.11. The molecule has 5 heteroatoms. The van der Waals surface area contributed by atoms with Crippen molar-refractivity contribution in [2.45, 2.75) is 11.8 Å². The molecule has 0 heterocycles. The van der Waals surface area contributed by atoms with E-state index in [9.17, 15) is 9.18 Å². The molecule has 0 N–H and O–H groups in total. The molecule has 1 unspecified atom stereocenters. The maximum Gasteiger partial charge on any atom is 0.322 e. The molecule has 0 saturated heterocycles. The molecule has 0 bridgehead atoms. The SMILES string of the molecule is COC(=O)C(Br)COc1cc(F)ccc1C. The van der Waals surface area contributed by atoms with Gasteiger partial charge in [-0.15, -0.1) is 0 Å². The number of alkyl halides is 1. The molecule has 0 amide bonds.